The van der Waals surface area contributed by atoms with Crippen molar-refractivity contribution < 1.29 is 15.0 Å². The second-order valence-corrected chi connectivity index (χ2v) is 11.2. The molecule has 3 N–H and O–H groups in total. The molecule has 4 heteroatoms. The topological polar surface area (TPSA) is 69.6 Å². The predicted molar refractivity (Wildman–Crippen MR) is 170 cm³/mol. The number of hydrogen-bond acceptors (Lipinski definition) is 3. The Labute approximate surface area is 242 Å². The minimum atomic E-state index is -0.862. The maximum absolute atomic E-state index is 12.2. The van der Waals surface area contributed by atoms with Crippen LogP contribution in [-0.4, -0.2) is 34.9 Å². The van der Waals surface area contributed by atoms with Gasteiger partial charge in [0.1, 0.15) is 0 Å². The first-order valence-electron chi connectivity index (χ1n) is 16.7. The average molecular weight is 548 g/mol. The molecule has 228 valence electrons. The van der Waals surface area contributed by atoms with Gasteiger partial charge in [0.15, 0.2) is 0 Å². The fraction of sp³-hybridized carbons (Fsp3) is 0.800. The lowest BCUT2D eigenvalue weighted by molar-refractivity contribution is -0.123. The van der Waals surface area contributed by atoms with Gasteiger partial charge < -0.3 is 15.5 Å². The van der Waals surface area contributed by atoms with E-state index in [1.165, 1.54) is 96.3 Å². The highest BCUT2D eigenvalue weighted by Gasteiger charge is 2.17. The van der Waals surface area contributed by atoms with E-state index < -0.39 is 12.1 Å². The Morgan fingerprint density at radius 2 is 1.03 bits per heavy atom. The third kappa shape index (κ3) is 28.0. The van der Waals surface area contributed by atoms with Crippen LogP contribution in [0.4, 0.5) is 0 Å². The van der Waals surface area contributed by atoms with E-state index >= 15 is 0 Å². The zero-order chi connectivity index (χ0) is 28.7. The molecule has 0 saturated carbocycles. The number of aliphatic hydroxyl groups excluding tert-OH is 2. The molecule has 0 aromatic rings. The monoisotopic (exact) mass is 547 g/mol. The van der Waals surface area contributed by atoms with Gasteiger partial charge in [-0.2, -0.15) is 0 Å². The summed E-state index contributed by atoms with van der Waals surface area (Å²) in [6.07, 6.45) is 39.4. The summed E-state index contributed by atoms with van der Waals surface area (Å²) in [7, 11) is 0. The van der Waals surface area contributed by atoms with E-state index in [1.54, 1.807) is 6.08 Å². The van der Waals surface area contributed by atoms with Crippen molar-refractivity contribution in [1.82, 2.24) is 5.32 Å². The minimum absolute atomic E-state index is 0.0914. The molecule has 4 nitrogen and oxygen atoms in total. The molecule has 1 amide bonds. The van der Waals surface area contributed by atoms with Gasteiger partial charge in [-0.15, -0.1) is 0 Å². The van der Waals surface area contributed by atoms with Crippen LogP contribution in [0.3, 0.4) is 0 Å². The van der Waals surface area contributed by atoms with Crippen LogP contribution >= 0.6 is 0 Å². The number of unbranched alkanes of at least 4 members (excludes halogenated alkanes) is 18. The van der Waals surface area contributed by atoms with Crippen molar-refractivity contribution in [2.75, 3.05) is 6.61 Å². The summed E-state index contributed by atoms with van der Waals surface area (Å²) in [5, 5.41) is 22.7. The van der Waals surface area contributed by atoms with E-state index in [0.717, 1.165) is 44.9 Å². The molecule has 2 unspecified atom stereocenters. The zero-order valence-corrected chi connectivity index (χ0v) is 25.9. The highest BCUT2D eigenvalue weighted by Crippen LogP contribution is 2.12. The van der Waals surface area contributed by atoms with Gasteiger partial charge in [0.25, 0.3) is 0 Å². The first-order chi connectivity index (χ1) is 19.2. The lowest BCUT2D eigenvalue weighted by Gasteiger charge is -2.19. The van der Waals surface area contributed by atoms with Gasteiger partial charge >= 0.3 is 0 Å². The predicted octanol–water partition coefficient (Wildman–Crippen LogP) is 9.51. The maximum Gasteiger partial charge on any atom is 0.220 e. The van der Waals surface area contributed by atoms with Crippen molar-refractivity contribution in [1.29, 1.82) is 0 Å². The van der Waals surface area contributed by atoms with Gasteiger partial charge in [0.05, 0.1) is 18.8 Å². The molecule has 0 aliphatic rings. The number of nitrogens with one attached hydrogen (secondary N) is 1. The minimum Gasteiger partial charge on any atom is -0.394 e. The molecule has 0 bridgehead atoms. The zero-order valence-electron chi connectivity index (χ0n) is 25.9. The van der Waals surface area contributed by atoms with Crippen LogP contribution in [0.25, 0.3) is 0 Å². The molecule has 0 aliphatic heterocycles. The molecule has 0 radical (unpaired) electrons. The Morgan fingerprint density at radius 3 is 1.56 bits per heavy atom. The number of carbonyl (C=O) groups is 1. The van der Waals surface area contributed by atoms with Crippen molar-refractivity contribution in [2.45, 2.75) is 174 Å². The number of hydrogen-bond donors (Lipinski definition) is 3. The molecule has 0 aliphatic carbocycles. The van der Waals surface area contributed by atoms with Gasteiger partial charge in [-0.1, -0.05) is 140 Å². The van der Waals surface area contributed by atoms with Gasteiger partial charge in [-0.3, -0.25) is 4.79 Å². The number of aliphatic hydroxyl groups is 2. The molecule has 0 saturated heterocycles. The molecule has 0 aromatic heterocycles. The van der Waals surface area contributed by atoms with Crippen molar-refractivity contribution in [2.24, 2.45) is 0 Å². The van der Waals surface area contributed by atoms with Crippen molar-refractivity contribution in [3.05, 3.63) is 36.5 Å². The fourth-order valence-electron chi connectivity index (χ4n) is 4.70. The van der Waals surface area contributed by atoms with Gasteiger partial charge in [0.2, 0.25) is 5.91 Å². The normalized spacial score (nSPS) is 13.6. The van der Waals surface area contributed by atoms with E-state index in [-0.39, 0.29) is 12.5 Å². The molecule has 0 aromatic carbocycles. The van der Waals surface area contributed by atoms with Crippen molar-refractivity contribution in [3.8, 4) is 0 Å². The fourth-order valence-corrected chi connectivity index (χ4v) is 4.70. The number of amides is 1. The molecule has 39 heavy (non-hydrogen) atoms. The maximum atomic E-state index is 12.2. The van der Waals surface area contributed by atoms with E-state index in [2.05, 4.69) is 43.5 Å². The van der Waals surface area contributed by atoms with Gasteiger partial charge in [-0.05, 0) is 51.4 Å². The summed E-state index contributed by atoms with van der Waals surface area (Å²) in [6.45, 7) is 4.22. The molecule has 0 rings (SSSR count). The molecule has 0 heterocycles. The highest BCUT2D eigenvalue weighted by molar-refractivity contribution is 5.76. The summed E-state index contributed by atoms with van der Waals surface area (Å²) in [4.78, 5) is 12.2. The second-order valence-electron chi connectivity index (χ2n) is 11.2. The lowest BCUT2D eigenvalue weighted by atomic mass is 10.1. The Morgan fingerprint density at radius 1 is 0.590 bits per heavy atom. The highest BCUT2D eigenvalue weighted by atomic mass is 16.3. The molecular weight excluding hydrogens is 482 g/mol. The van der Waals surface area contributed by atoms with Crippen molar-refractivity contribution >= 4 is 5.91 Å². The molecule has 0 fully saturated rings. The van der Waals surface area contributed by atoms with E-state index in [4.69, 9.17) is 0 Å². The number of rotatable bonds is 29. The Bertz CT molecular complexity index is 599. The number of allylic oxidation sites excluding steroid dienone is 5. The van der Waals surface area contributed by atoms with Crippen molar-refractivity contribution in [3.63, 3.8) is 0 Å². The van der Waals surface area contributed by atoms with E-state index in [1.807, 2.05) is 6.08 Å². The van der Waals surface area contributed by atoms with Crippen LogP contribution in [0.1, 0.15) is 162 Å². The Kier molecular flexibility index (Phi) is 30.0. The summed E-state index contributed by atoms with van der Waals surface area (Å²) in [5.74, 6) is -0.0914. The summed E-state index contributed by atoms with van der Waals surface area (Å²) in [5.41, 5.74) is 0. The summed E-state index contributed by atoms with van der Waals surface area (Å²) in [6, 6.07) is -0.640. The third-order valence-electron chi connectivity index (χ3n) is 7.35. The summed E-state index contributed by atoms with van der Waals surface area (Å²) < 4.78 is 0. The average Bonchev–Trinajstić information content (AvgIpc) is 2.94. The van der Waals surface area contributed by atoms with Crippen LogP contribution in [-0.2, 0) is 4.79 Å². The number of carbonyl (C=O) groups excluding carboxylic acids is 1. The quantitative estimate of drug-likeness (QED) is 0.0645. The largest absolute Gasteiger partial charge is 0.394 e. The molecule has 0 spiro atoms. The lowest BCUT2D eigenvalue weighted by Crippen LogP contribution is -2.45. The van der Waals surface area contributed by atoms with Crippen LogP contribution in [0, 0.1) is 0 Å². The standard InChI is InChI=1S/C35H65NO3/c1-3-5-7-9-11-13-15-16-17-18-19-20-21-22-24-26-28-30-34(38)33(32-37)36-35(39)31-29-27-25-23-14-12-10-8-6-4-2/h10,12,21-22,28,30,33-34,37-38H,3-9,11,13-20,23-27,29,31-32H2,1-2H3,(H,36,39)/b12-10-,22-21+,30-28+. The van der Waals surface area contributed by atoms with Crippen LogP contribution in [0.15, 0.2) is 36.5 Å². The molecule has 2 atom stereocenters. The molecular formula is C35H65NO3. The van der Waals surface area contributed by atoms with E-state index in [0.29, 0.717) is 6.42 Å². The smallest absolute Gasteiger partial charge is 0.220 e. The SMILES string of the molecule is CCCC/C=C\CCCCCCC(=O)NC(CO)C(O)/C=C/CC/C=C/CCCCCCCCCCCCC. The van der Waals surface area contributed by atoms with Crippen LogP contribution in [0.2, 0.25) is 0 Å². The van der Waals surface area contributed by atoms with Crippen LogP contribution in [0.5, 0.6) is 0 Å². The first kappa shape index (κ1) is 37.6. The first-order valence-corrected chi connectivity index (χ1v) is 16.7. The van der Waals surface area contributed by atoms with Crippen LogP contribution < -0.4 is 5.32 Å². The van der Waals surface area contributed by atoms with Gasteiger partial charge in [-0.25, -0.2) is 0 Å². The Balaban J connectivity index is 3.71. The van der Waals surface area contributed by atoms with Gasteiger partial charge in [0, 0.05) is 6.42 Å². The Hall–Kier alpha value is -1.39. The third-order valence-corrected chi connectivity index (χ3v) is 7.35. The van der Waals surface area contributed by atoms with E-state index in [9.17, 15) is 15.0 Å². The second kappa shape index (κ2) is 31.1. The summed E-state index contributed by atoms with van der Waals surface area (Å²) >= 11 is 0.